The molecule has 1 N–H and O–H groups in total. The second kappa shape index (κ2) is 7.74. The average molecular weight is 477 g/mol. The van der Waals surface area contributed by atoms with Crippen molar-refractivity contribution in [3.8, 4) is 17.4 Å². The van der Waals surface area contributed by atoms with E-state index in [9.17, 15) is 8.42 Å². The third-order valence-electron chi connectivity index (χ3n) is 3.64. The van der Waals surface area contributed by atoms with Crippen molar-refractivity contribution in [2.45, 2.75) is 4.21 Å². The zero-order valence-corrected chi connectivity index (χ0v) is 17.4. The van der Waals surface area contributed by atoms with Crippen LogP contribution in [0.2, 0.25) is 0 Å². The number of benzene rings is 1. The van der Waals surface area contributed by atoms with Crippen LogP contribution in [0.25, 0.3) is 5.82 Å². The van der Waals surface area contributed by atoms with Crippen molar-refractivity contribution < 1.29 is 13.2 Å². The number of halogens is 1. The molecule has 0 fully saturated rings. The summed E-state index contributed by atoms with van der Waals surface area (Å²) < 4.78 is 35.9. The minimum atomic E-state index is -3.62. The summed E-state index contributed by atoms with van der Waals surface area (Å²) in [5.74, 6) is 1.59. The smallest absolute Gasteiger partial charge is 0.271 e. The number of ether oxygens (including phenoxy) is 1. The topological polar surface area (TPSA) is 86.1 Å². The quantitative estimate of drug-likeness (QED) is 0.436. The van der Waals surface area contributed by atoms with E-state index in [0.29, 0.717) is 23.1 Å². The summed E-state index contributed by atoms with van der Waals surface area (Å²) in [5.41, 5.74) is 0.438. The van der Waals surface area contributed by atoms with Crippen molar-refractivity contribution in [3.63, 3.8) is 0 Å². The molecule has 0 radical (unpaired) electrons. The zero-order chi connectivity index (χ0) is 19.6. The Kier molecular flexibility index (Phi) is 5.16. The van der Waals surface area contributed by atoms with Crippen LogP contribution in [0.1, 0.15) is 0 Å². The van der Waals surface area contributed by atoms with Gasteiger partial charge in [-0.25, -0.2) is 18.4 Å². The molecule has 0 amide bonds. The molecule has 0 aliphatic heterocycles. The lowest BCUT2D eigenvalue weighted by Gasteiger charge is -2.09. The number of nitrogens with zero attached hydrogens (tertiary/aromatic N) is 3. The lowest BCUT2D eigenvalue weighted by Crippen LogP contribution is -2.11. The molecule has 0 unspecified atom stereocenters. The Morgan fingerprint density at radius 2 is 1.79 bits per heavy atom. The number of rotatable bonds is 6. The van der Waals surface area contributed by atoms with Crippen LogP contribution in [0.4, 0.5) is 5.69 Å². The molecule has 4 rings (SSSR count). The van der Waals surface area contributed by atoms with Gasteiger partial charge in [0.25, 0.3) is 10.0 Å². The van der Waals surface area contributed by atoms with Gasteiger partial charge in [-0.1, -0.05) is 0 Å². The maximum absolute atomic E-state index is 12.4. The predicted molar refractivity (Wildman–Crippen MR) is 111 cm³/mol. The number of hydrogen-bond donors (Lipinski definition) is 1. The Balaban J connectivity index is 1.47. The molecule has 0 saturated carbocycles. The third-order valence-corrected chi connectivity index (χ3v) is 7.14. The van der Waals surface area contributed by atoms with Gasteiger partial charge in [0, 0.05) is 24.1 Å². The Morgan fingerprint density at radius 1 is 1.04 bits per heavy atom. The van der Waals surface area contributed by atoms with Crippen LogP contribution in [-0.4, -0.2) is 23.0 Å². The molecule has 0 spiro atoms. The lowest BCUT2D eigenvalue weighted by atomic mass is 10.3. The maximum atomic E-state index is 12.4. The molecule has 1 aromatic carbocycles. The predicted octanol–water partition coefficient (Wildman–Crippen LogP) is 4.68. The van der Waals surface area contributed by atoms with Crippen LogP contribution >= 0.6 is 27.3 Å². The number of thiophene rings is 1. The standard InChI is InChI=1S/C18H13BrN4O3S2/c19-15-7-8-18(27-15)28(24,25)22-13-3-5-14(6-4-13)26-17-11-16(20-12-21-17)23-9-1-2-10-23/h1-12,22H. The summed E-state index contributed by atoms with van der Waals surface area (Å²) >= 11 is 4.41. The number of anilines is 1. The minimum absolute atomic E-state index is 0.234. The van der Waals surface area contributed by atoms with Crippen molar-refractivity contribution in [1.82, 2.24) is 14.5 Å². The first kappa shape index (κ1) is 18.7. The highest BCUT2D eigenvalue weighted by atomic mass is 79.9. The van der Waals surface area contributed by atoms with E-state index in [1.165, 1.54) is 6.33 Å². The summed E-state index contributed by atoms with van der Waals surface area (Å²) in [5, 5.41) is 0. The van der Waals surface area contributed by atoms with Gasteiger partial charge in [-0.15, -0.1) is 11.3 Å². The molecule has 7 nitrogen and oxygen atoms in total. The first-order valence-corrected chi connectivity index (χ1v) is 11.1. The van der Waals surface area contributed by atoms with Gasteiger partial charge in [0.05, 0.1) is 3.79 Å². The van der Waals surface area contributed by atoms with Crippen molar-refractivity contribution >= 4 is 43.0 Å². The largest absolute Gasteiger partial charge is 0.439 e. The van der Waals surface area contributed by atoms with Gasteiger partial charge in [-0.3, -0.25) is 4.72 Å². The van der Waals surface area contributed by atoms with Crippen LogP contribution in [0.15, 0.2) is 81.3 Å². The Labute approximate surface area is 173 Å². The molecular formula is C18H13BrN4O3S2. The molecule has 10 heteroatoms. The number of sulfonamides is 1. The van der Waals surface area contributed by atoms with Crippen LogP contribution in [0.5, 0.6) is 11.6 Å². The molecule has 28 heavy (non-hydrogen) atoms. The van der Waals surface area contributed by atoms with E-state index in [0.717, 1.165) is 15.1 Å². The molecule has 0 aliphatic carbocycles. The number of hydrogen-bond acceptors (Lipinski definition) is 6. The summed E-state index contributed by atoms with van der Waals surface area (Å²) in [6, 6.07) is 15.3. The van der Waals surface area contributed by atoms with E-state index in [4.69, 9.17) is 4.74 Å². The number of nitrogens with one attached hydrogen (secondary N) is 1. The van der Waals surface area contributed by atoms with E-state index in [1.807, 2.05) is 29.1 Å². The van der Waals surface area contributed by atoms with E-state index in [1.54, 1.807) is 42.5 Å². The van der Waals surface area contributed by atoms with Crippen LogP contribution in [0, 0.1) is 0 Å². The van der Waals surface area contributed by atoms with Gasteiger partial charge in [0.2, 0.25) is 5.88 Å². The minimum Gasteiger partial charge on any atom is -0.439 e. The summed E-state index contributed by atoms with van der Waals surface area (Å²) in [6.07, 6.45) is 5.17. The summed E-state index contributed by atoms with van der Waals surface area (Å²) in [6.45, 7) is 0. The molecule has 3 heterocycles. The molecule has 4 aromatic rings. The maximum Gasteiger partial charge on any atom is 0.271 e. The molecule has 0 aliphatic rings. The van der Waals surface area contributed by atoms with E-state index in [2.05, 4.69) is 30.6 Å². The van der Waals surface area contributed by atoms with Crippen molar-refractivity contribution in [1.29, 1.82) is 0 Å². The zero-order valence-electron chi connectivity index (χ0n) is 14.2. The fourth-order valence-corrected chi connectivity index (χ4v) is 5.44. The fourth-order valence-electron chi connectivity index (χ4n) is 2.37. The monoisotopic (exact) mass is 476 g/mol. The van der Waals surface area contributed by atoms with Crippen molar-refractivity contribution in [3.05, 3.63) is 77.1 Å². The van der Waals surface area contributed by atoms with Gasteiger partial charge < -0.3 is 9.30 Å². The third kappa shape index (κ3) is 4.24. The van der Waals surface area contributed by atoms with E-state index >= 15 is 0 Å². The fraction of sp³-hybridized carbons (Fsp3) is 0. The van der Waals surface area contributed by atoms with Crippen LogP contribution in [-0.2, 0) is 10.0 Å². The second-order valence-corrected chi connectivity index (χ2v) is 9.97. The Morgan fingerprint density at radius 3 is 2.46 bits per heavy atom. The number of aromatic nitrogens is 3. The first-order chi connectivity index (χ1) is 13.5. The SMILES string of the molecule is O=S(=O)(Nc1ccc(Oc2cc(-n3cccc3)ncn2)cc1)c1ccc(Br)s1. The van der Waals surface area contributed by atoms with E-state index in [-0.39, 0.29) is 4.21 Å². The first-order valence-electron chi connectivity index (χ1n) is 8.01. The molecule has 0 saturated heterocycles. The molecule has 142 valence electrons. The second-order valence-electron chi connectivity index (χ2n) is 5.60. The molecule has 3 aromatic heterocycles. The molecule has 0 bridgehead atoms. The molecular weight excluding hydrogens is 464 g/mol. The van der Waals surface area contributed by atoms with Crippen LogP contribution < -0.4 is 9.46 Å². The van der Waals surface area contributed by atoms with E-state index < -0.39 is 10.0 Å². The highest BCUT2D eigenvalue weighted by Gasteiger charge is 2.16. The average Bonchev–Trinajstić information content (AvgIpc) is 3.35. The molecule has 0 atom stereocenters. The van der Waals surface area contributed by atoms with Gasteiger partial charge in [-0.05, 0) is 64.5 Å². The summed E-state index contributed by atoms with van der Waals surface area (Å²) in [4.78, 5) is 8.31. The highest BCUT2D eigenvalue weighted by molar-refractivity contribution is 9.11. The van der Waals surface area contributed by atoms with Gasteiger partial charge in [-0.2, -0.15) is 0 Å². The highest BCUT2D eigenvalue weighted by Crippen LogP contribution is 2.28. The summed E-state index contributed by atoms with van der Waals surface area (Å²) in [7, 11) is -3.62. The van der Waals surface area contributed by atoms with Crippen LogP contribution in [0.3, 0.4) is 0 Å². The van der Waals surface area contributed by atoms with Gasteiger partial charge in [0.1, 0.15) is 22.1 Å². The normalized spacial score (nSPS) is 11.3. The van der Waals surface area contributed by atoms with Gasteiger partial charge in [0.15, 0.2) is 0 Å². The van der Waals surface area contributed by atoms with Crippen molar-refractivity contribution in [2.24, 2.45) is 0 Å². The lowest BCUT2D eigenvalue weighted by molar-refractivity contribution is 0.461. The van der Waals surface area contributed by atoms with Crippen molar-refractivity contribution in [2.75, 3.05) is 4.72 Å². The van der Waals surface area contributed by atoms with Gasteiger partial charge >= 0.3 is 0 Å². The Bertz CT molecular complexity index is 1190. The Hall–Kier alpha value is -2.69.